The Kier molecular flexibility index (Phi) is 7.62. The second-order valence-electron chi connectivity index (χ2n) is 4.32. The molecule has 0 heterocycles. The summed E-state index contributed by atoms with van der Waals surface area (Å²) in [6.45, 7) is 4.54. The minimum Gasteiger partial charge on any atom is -0.323 e. The first-order valence-corrected chi connectivity index (χ1v) is 4.75. The first-order chi connectivity index (χ1) is 5.13. The van der Waals surface area contributed by atoms with Crippen LogP contribution in [0.4, 0.5) is 0 Å². The molecule has 0 bridgehead atoms. The average Bonchev–Trinajstić information content (AvgIpc) is 1.93. The summed E-state index contributed by atoms with van der Waals surface area (Å²) >= 11 is 0. The molecule has 0 aromatic rings. The van der Waals surface area contributed by atoms with Gasteiger partial charge in [0.2, 0.25) is 0 Å². The van der Waals surface area contributed by atoms with Crippen LogP contribution >= 0.6 is 0 Å². The van der Waals surface area contributed by atoms with Crippen LogP contribution in [0.3, 0.4) is 0 Å². The van der Waals surface area contributed by atoms with Crippen LogP contribution in [-0.4, -0.2) is 0 Å². The molecule has 0 unspecified atom stereocenters. The second-order valence-corrected chi connectivity index (χ2v) is 4.32. The minimum atomic E-state index is 0. The van der Waals surface area contributed by atoms with Crippen molar-refractivity contribution in [1.82, 2.24) is 0 Å². The summed E-state index contributed by atoms with van der Waals surface area (Å²) in [5.41, 5.74) is 6.30. The fraction of sp³-hybridized carbons (Fsp3) is 0.917. The van der Waals surface area contributed by atoms with Gasteiger partial charge in [-0.25, -0.2) is 0 Å². The molecular weight excluding hydrogens is 158 g/mol. The van der Waals surface area contributed by atoms with Crippen LogP contribution in [0.15, 0.2) is 0 Å². The van der Waals surface area contributed by atoms with Crippen molar-refractivity contribution < 1.29 is 0 Å². The molecule has 0 aliphatic heterocycles. The fourth-order valence-corrected chi connectivity index (χ4v) is 1.73. The van der Waals surface area contributed by atoms with Crippen LogP contribution in [0.2, 0.25) is 0 Å². The van der Waals surface area contributed by atoms with Gasteiger partial charge in [0.1, 0.15) is 0 Å². The van der Waals surface area contributed by atoms with E-state index in [1.54, 1.807) is 0 Å². The molecule has 1 nitrogen and oxygen atoms in total. The maximum absolute atomic E-state index is 6.00. The quantitative estimate of drug-likeness (QED) is 0.605. The Bertz CT molecular complexity index is 118. The Morgan fingerprint density at radius 1 is 1.00 bits per heavy atom. The van der Waals surface area contributed by atoms with Gasteiger partial charge in [-0.05, 0) is 18.3 Å². The molecule has 1 rings (SSSR count). The number of hydrogen-bond donors (Lipinski definition) is 1. The van der Waals surface area contributed by atoms with Crippen LogP contribution < -0.4 is 5.73 Å². The molecule has 1 aliphatic rings. The predicted molar refractivity (Wildman–Crippen MR) is 62.4 cm³/mol. The van der Waals surface area contributed by atoms with E-state index in [4.69, 9.17) is 5.73 Å². The Morgan fingerprint density at radius 2 is 1.54 bits per heavy atom. The number of hydrogen-bond acceptors (Lipinski definition) is 1. The lowest BCUT2D eigenvalue weighted by Crippen LogP contribution is -2.30. The van der Waals surface area contributed by atoms with Gasteiger partial charge in [0.15, 0.2) is 0 Å². The maximum atomic E-state index is 6.00. The Balaban J connectivity index is 0. The summed E-state index contributed by atoms with van der Waals surface area (Å²) in [6.07, 6.45) is 7.85. The van der Waals surface area contributed by atoms with Crippen molar-refractivity contribution in [3.63, 3.8) is 0 Å². The number of nitrogens with two attached hydrogens (primary N) is 1. The summed E-state index contributed by atoms with van der Waals surface area (Å²) in [7, 11) is 0. The molecular formula is C12H28N. The average molecular weight is 186 g/mol. The maximum Gasteiger partial charge on any atom is 0.0393 e. The third-order valence-corrected chi connectivity index (χ3v) is 2.87. The highest BCUT2D eigenvalue weighted by molar-refractivity contribution is 4.97. The van der Waals surface area contributed by atoms with E-state index in [-0.39, 0.29) is 14.9 Å². The Morgan fingerprint density at radius 3 is 2.15 bits per heavy atom. The molecule has 1 saturated carbocycles. The van der Waals surface area contributed by atoms with Crippen molar-refractivity contribution in [2.24, 2.45) is 11.1 Å². The SMILES string of the molecule is C.C.CC1(C)CCCCCC[C]1N. The molecule has 1 aliphatic carbocycles. The van der Waals surface area contributed by atoms with Gasteiger partial charge in [-0.1, -0.05) is 54.4 Å². The lowest BCUT2D eigenvalue weighted by molar-refractivity contribution is 0.296. The largest absolute Gasteiger partial charge is 0.323 e. The molecule has 1 fully saturated rings. The van der Waals surface area contributed by atoms with Crippen molar-refractivity contribution in [1.29, 1.82) is 0 Å². The zero-order valence-electron chi connectivity index (χ0n) is 7.82. The van der Waals surface area contributed by atoms with E-state index in [0.29, 0.717) is 5.41 Å². The van der Waals surface area contributed by atoms with Gasteiger partial charge in [-0.15, -0.1) is 0 Å². The smallest absolute Gasteiger partial charge is 0.0393 e. The highest BCUT2D eigenvalue weighted by Gasteiger charge is 2.27. The summed E-state index contributed by atoms with van der Waals surface area (Å²) in [4.78, 5) is 0. The highest BCUT2D eigenvalue weighted by Crippen LogP contribution is 2.36. The molecule has 1 heteroatoms. The first kappa shape index (κ1) is 15.4. The molecule has 0 atom stereocenters. The molecule has 13 heavy (non-hydrogen) atoms. The Labute approximate surface area is 85.1 Å². The molecule has 81 valence electrons. The lowest BCUT2D eigenvalue weighted by atomic mass is 9.76. The van der Waals surface area contributed by atoms with Gasteiger partial charge < -0.3 is 5.73 Å². The summed E-state index contributed by atoms with van der Waals surface area (Å²) in [5.74, 6) is 0. The molecule has 0 aromatic carbocycles. The van der Waals surface area contributed by atoms with Gasteiger partial charge >= 0.3 is 0 Å². The van der Waals surface area contributed by atoms with E-state index in [9.17, 15) is 0 Å². The second kappa shape index (κ2) is 6.42. The predicted octanol–water partition coefficient (Wildman–Crippen LogP) is 4.13. The number of rotatable bonds is 0. The van der Waals surface area contributed by atoms with E-state index < -0.39 is 0 Å². The van der Waals surface area contributed by atoms with Crippen molar-refractivity contribution in [3.8, 4) is 0 Å². The van der Waals surface area contributed by atoms with E-state index >= 15 is 0 Å². The zero-order chi connectivity index (χ0) is 8.32. The van der Waals surface area contributed by atoms with Crippen LogP contribution in [0.25, 0.3) is 0 Å². The van der Waals surface area contributed by atoms with Crippen molar-refractivity contribution in [2.45, 2.75) is 67.2 Å². The molecule has 1 radical (unpaired) electrons. The third kappa shape index (κ3) is 4.66. The van der Waals surface area contributed by atoms with E-state index in [1.807, 2.05) is 0 Å². The molecule has 2 N–H and O–H groups in total. The normalized spacial score (nSPS) is 23.3. The zero-order valence-corrected chi connectivity index (χ0v) is 7.82. The topological polar surface area (TPSA) is 26.0 Å². The minimum absolute atomic E-state index is 0. The summed E-state index contributed by atoms with van der Waals surface area (Å²) in [6, 6.07) is 1.22. The summed E-state index contributed by atoms with van der Waals surface area (Å²) < 4.78 is 0. The third-order valence-electron chi connectivity index (χ3n) is 2.87. The Hall–Kier alpha value is -0.0400. The van der Waals surface area contributed by atoms with Gasteiger partial charge in [0.25, 0.3) is 0 Å². The van der Waals surface area contributed by atoms with E-state index in [0.717, 1.165) is 6.42 Å². The van der Waals surface area contributed by atoms with E-state index in [1.165, 1.54) is 38.1 Å². The van der Waals surface area contributed by atoms with Gasteiger partial charge in [-0.3, -0.25) is 0 Å². The van der Waals surface area contributed by atoms with Crippen LogP contribution in [0.1, 0.15) is 67.2 Å². The molecule has 0 spiro atoms. The standard InChI is InChI=1S/C10H20N.2CH4/c1-10(2)8-6-4-3-5-7-9(10)11;;/h3-8,11H2,1-2H3;2*1H4. The van der Waals surface area contributed by atoms with Gasteiger partial charge in [0, 0.05) is 6.04 Å². The van der Waals surface area contributed by atoms with Crippen molar-refractivity contribution >= 4 is 0 Å². The van der Waals surface area contributed by atoms with Crippen LogP contribution in [0.5, 0.6) is 0 Å². The fourth-order valence-electron chi connectivity index (χ4n) is 1.73. The first-order valence-electron chi connectivity index (χ1n) is 4.75. The molecule has 0 aromatic heterocycles. The molecule has 0 saturated heterocycles. The van der Waals surface area contributed by atoms with Crippen molar-refractivity contribution in [2.75, 3.05) is 0 Å². The van der Waals surface area contributed by atoms with Gasteiger partial charge in [-0.2, -0.15) is 0 Å². The van der Waals surface area contributed by atoms with Gasteiger partial charge in [0.05, 0.1) is 0 Å². The van der Waals surface area contributed by atoms with Crippen LogP contribution in [0, 0.1) is 11.5 Å². The summed E-state index contributed by atoms with van der Waals surface area (Å²) in [5, 5.41) is 0. The lowest BCUT2D eigenvalue weighted by Gasteiger charge is -2.32. The highest BCUT2D eigenvalue weighted by atomic mass is 14.7. The molecule has 0 amide bonds. The monoisotopic (exact) mass is 186 g/mol. The van der Waals surface area contributed by atoms with Crippen molar-refractivity contribution in [3.05, 3.63) is 6.04 Å². The van der Waals surface area contributed by atoms with E-state index in [2.05, 4.69) is 13.8 Å². The van der Waals surface area contributed by atoms with Crippen LogP contribution in [-0.2, 0) is 0 Å².